The Labute approximate surface area is 108 Å². The zero-order valence-corrected chi connectivity index (χ0v) is 10.2. The second kappa shape index (κ2) is 5.32. The van der Waals surface area contributed by atoms with Crippen LogP contribution in [0.4, 0.5) is 23.2 Å². The van der Waals surface area contributed by atoms with Crippen LogP contribution in [-0.2, 0) is 6.18 Å². The Morgan fingerprint density at radius 1 is 1.28 bits per heavy atom. The molecule has 1 aromatic carbocycles. The van der Waals surface area contributed by atoms with Crippen LogP contribution in [0.1, 0.15) is 12.0 Å². The van der Waals surface area contributed by atoms with E-state index in [0.717, 1.165) is 18.6 Å². The standard InChI is InChI=1S/C11H12F4N2.ClH/c12-9-5-7(11(13,14)15)1-2-10(9)17-4-3-8(16)6-17;/h1-2,5,8H,3-4,6,16H2;1H/t8-;/m1./s1. The van der Waals surface area contributed by atoms with E-state index < -0.39 is 17.6 Å². The summed E-state index contributed by atoms with van der Waals surface area (Å²) in [5.41, 5.74) is 4.88. The van der Waals surface area contributed by atoms with Crippen molar-refractivity contribution in [2.75, 3.05) is 18.0 Å². The molecule has 0 amide bonds. The predicted octanol–water partition coefficient (Wildman–Crippen LogP) is 2.80. The van der Waals surface area contributed by atoms with Gasteiger partial charge in [0.2, 0.25) is 0 Å². The lowest BCUT2D eigenvalue weighted by Crippen LogP contribution is -2.27. The van der Waals surface area contributed by atoms with Crippen LogP contribution in [0, 0.1) is 5.82 Å². The van der Waals surface area contributed by atoms with Gasteiger partial charge in [0.1, 0.15) is 5.82 Å². The van der Waals surface area contributed by atoms with Crippen LogP contribution >= 0.6 is 12.4 Å². The number of anilines is 1. The van der Waals surface area contributed by atoms with E-state index in [0.29, 0.717) is 19.2 Å². The van der Waals surface area contributed by atoms with Crippen LogP contribution in [0.25, 0.3) is 0 Å². The second-order valence-corrected chi connectivity index (χ2v) is 4.16. The molecule has 1 aromatic rings. The summed E-state index contributed by atoms with van der Waals surface area (Å²) in [4.78, 5) is 1.67. The molecule has 2 N–H and O–H groups in total. The molecule has 1 fully saturated rings. The lowest BCUT2D eigenvalue weighted by Gasteiger charge is -2.19. The summed E-state index contributed by atoms with van der Waals surface area (Å²) in [5, 5.41) is 0. The maximum absolute atomic E-state index is 13.6. The van der Waals surface area contributed by atoms with Gasteiger partial charge in [-0.05, 0) is 24.6 Å². The summed E-state index contributed by atoms with van der Waals surface area (Å²) >= 11 is 0. The van der Waals surface area contributed by atoms with Gasteiger partial charge in [0, 0.05) is 19.1 Å². The highest BCUT2D eigenvalue weighted by molar-refractivity contribution is 5.85. The first kappa shape index (κ1) is 15.0. The monoisotopic (exact) mass is 284 g/mol. The van der Waals surface area contributed by atoms with Gasteiger partial charge >= 0.3 is 6.18 Å². The van der Waals surface area contributed by atoms with Crippen molar-refractivity contribution in [3.8, 4) is 0 Å². The SMILES string of the molecule is Cl.N[C@@H]1CCN(c2ccc(C(F)(F)F)cc2F)C1. The molecule has 1 aliphatic heterocycles. The van der Waals surface area contributed by atoms with Gasteiger partial charge in [-0.1, -0.05) is 0 Å². The van der Waals surface area contributed by atoms with Crippen molar-refractivity contribution >= 4 is 18.1 Å². The first-order chi connectivity index (χ1) is 7.88. The first-order valence-corrected chi connectivity index (χ1v) is 5.25. The van der Waals surface area contributed by atoms with Gasteiger partial charge < -0.3 is 10.6 Å². The summed E-state index contributed by atoms with van der Waals surface area (Å²) in [6.45, 7) is 1.05. The number of hydrogen-bond donors (Lipinski definition) is 1. The maximum atomic E-state index is 13.6. The number of nitrogens with zero attached hydrogens (tertiary/aromatic N) is 1. The van der Waals surface area contributed by atoms with Gasteiger partial charge in [-0.15, -0.1) is 12.4 Å². The largest absolute Gasteiger partial charge is 0.416 e. The molecule has 0 bridgehead atoms. The van der Waals surface area contributed by atoms with Gasteiger partial charge in [0.05, 0.1) is 11.3 Å². The molecule has 1 atom stereocenters. The molecule has 1 heterocycles. The molecule has 1 aliphatic rings. The highest BCUT2D eigenvalue weighted by Gasteiger charge is 2.32. The molecule has 102 valence electrons. The second-order valence-electron chi connectivity index (χ2n) is 4.16. The zero-order chi connectivity index (χ0) is 12.6. The minimum atomic E-state index is -4.51. The van der Waals surface area contributed by atoms with Crippen molar-refractivity contribution < 1.29 is 17.6 Å². The molecule has 0 aromatic heterocycles. The first-order valence-electron chi connectivity index (χ1n) is 5.25. The average Bonchev–Trinajstić information content (AvgIpc) is 2.63. The summed E-state index contributed by atoms with van der Waals surface area (Å²) in [5.74, 6) is -0.853. The van der Waals surface area contributed by atoms with E-state index >= 15 is 0 Å². The minimum Gasteiger partial charge on any atom is -0.368 e. The maximum Gasteiger partial charge on any atom is 0.416 e. The Morgan fingerprint density at radius 3 is 2.39 bits per heavy atom. The van der Waals surface area contributed by atoms with Crippen molar-refractivity contribution in [1.29, 1.82) is 0 Å². The Balaban J connectivity index is 0.00000162. The van der Waals surface area contributed by atoms with Gasteiger partial charge in [0.25, 0.3) is 0 Å². The van der Waals surface area contributed by atoms with E-state index in [1.54, 1.807) is 4.90 Å². The lowest BCUT2D eigenvalue weighted by molar-refractivity contribution is -0.137. The fourth-order valence-electron chi connectivity index (χ4n) is 1.95. The quantitative estimate of drug-likeness (QED) is 0.804. The van der Waals surface area contributed by atoms with Crippen LogP contribution in [-0.4, -0.2) is 19.1 Å². The van der Waals surface area contributed by atoms with Crippen molar-refractivity contribution in [3.05, 3.63) is 29.6 Å². The van der Waals surface area contributed by atoms with Gasteiger partial charge in [-0.2, -0.15) is 13.2 Å². The Hall–Kier alpha value is -1.01. The third kappa shape index (κ3) is 3.05. The smallest absolute Gasteiger partial charge is 0.368 e. The molecule has 2 rings (SSSR count). The van der Waals surface area contributed by atoms with E-state index in [1.165, 1.54) is 0 Å². The minimum absolute atomic E-state index is 0. The van der Waals surface area contributed by atoms with Crippen molar-refractivity contribution in [1.82, 2.24) is 0 Å². The number of benzene rings is 1. The number of halogens is 5. The van der Waals surface area contributed by atoms with Crippen molar-refractivity contribution in [2.24, 2.45) is 5.73 Å². The molecular formula is C11H13ClF4N2. The molecular weight excluding hydrogens is 272 g/mol. The predicted molar refractivity (Wildman–Crippen MR) is 63.5 cm³/mol. The van der Waals surface area contributed by atoms with E-state index in [2.05, 4.69) is 0 Å². The van der Waals surface area contributed by atoms with Crippen molar-refractivity contribution in [2.45, 2.75) is 18.6 Å². The summed E-state index contributed by atoms with van der Waals surface area (Å²) in [6.07, 6.45) is -3.79. The number of nitrogens with two attached hydrogens (primary N) is 1. The summed E-state index contributed by atoms with van der Waals surface area (Å²) < 4.78 is 50.6. The number of rotatable bonds is 1. The summed E-state index contributed by atoms with van der Waals surface area (Å²) in [6, 6.07) is 2.54. The van der Waals surface area contributed by atoms with E-state index in [9.17, 15) is 17.6 Å². The van der Waals surface area contributed by atoms with Gasteiger partial charge in [-0.25, -0.2) is 4.39 Å². The van der Waals surface area contributed by atoms with Crippen LogP contribution in [0.3, 0.4) is 0 Å². The highest BCUT2D eigenvalue weighted by Crippen LogP contribution is 2.32. The molecule has 0 saturated carbocycles. The Morgan fingerprint density at radius 2 is 1.94 bits per heavy atom. The van der Waals surface area contributed by atoms with Crippen LogP contribution in [0.15, 0.2) is 18.2 Å². The number of hydrogen-bond acceptors (Lipinski definition) is 2. The highest BCUT2D eigenvalue weighted by atomic mass is 35.5. The molecule has 0 aliphatic carbocycles. The lowest BCUT2D eigenvalue weighted by atomic mass is 10.2. The van der Waals surface area contributed by atoms with Gasteiger partial charge in [-0.3, -0.25) is 0 Å². The van der Waals surface area contributed by atoms with Crippen LogP contribution in [0.5, 0.6) is 0 Å². The summed E-state index contributed by atoms with van der Waals surface area (Å²) in [7, 11) is 0. The third-order valence-corrected chi connectivity index (χ3v) is 2.84. The third-order valence-electron chi connectivity index (χ3n) is 2.84. The average molecular weight is 285 g/mol. The van der Waals surface area contributed by atoms with E-state index in [-0.39, 0.29) is 24.1 Å². The van der Waals surface area contributed by atoms with Crippen LogP contribution < -0.4 is 10.6 Å². The topological polar surface area (TPSA) is 29.3 Å². The normalized spacial score (nSPS) is 19.8. The molecule has 0 unspecified atom stereocenters. The Bertz CT molecular complexity index is 422. The van der Waals surface area contributed by atoms with Gasteiger partial charge in [0.15, 0.2) is 0 Å². The zero-order valence-electron chi connectivity index (χ0n) is 9.38. The molecule has 7 heteroatoms. The van der Waals surface area contributed by atoms with E-state index in [4.69, 9.17) is 5.73 Å². The molecule has 18 heavy (non-hydrogen) atoms. The molecule has 1 saturated heterocycles. The molecule has 0 radical (unpaired) electrons. The van der Waals surface area contributed by atoms with Crippen LogP contribution in [0.2, 0.25) is 0 Å². The molecule has 0 spiro atoms. The number of alkyl halides is 3. The Kier molecular flexibility index (Phi) is 4.45. The fraction of sp³-hybridized carbons (Fsp3) is 0.455. The fourth-order valence-corrected chi connectivity index (χ4v) is 1.95. The van der Waals surface area contributed by atoms with E-state index in [1.807, 2.05) is 0 Å². The molecule has 2 nitrogen and oxygen atoms in total. The van der Waals surface area contributed by atoms with Crippen molar-refractivity contribution in [3.63, 3.8) is 0 Å².